The lowest BCUT2D eigenvalue weighted by atomic mass is 9.62. The number of nitrogens with one attached hydrogen (secondary N) is 1. The first-order valence-corrected chi connectivity index (χ1v) is 7.12. The van der Waals surface area contributed by atoms with Gasteiger partial charge in [0.15, 0.2) is 0 Å². The number of amides is 2. The lowest BCUT2D eigenvalue weighted by Crippen LogP contribution is -2.60. The molecule has 0 radical (unpaired) electrons. The molecule has 0 aromatic heterocycles. The van der Waals surface area contributed by atoms with Crippen molar-refractivity contribution in [2.45, 2.75) is 32.7 Å². The van der Waals surface area contributed by atoms with Gasteiger partial charge in [0.05, 0.1) is 19.3 Å². The van der Waals surface area contributed by atoms with Gasteiger partial charge in [0.2, 0.25) is 11.8 Å². The SMILES string of the molecule is CCNC(=O)C1COCCN1C(=O)C1(C#N)CC(C)C1. The molecule has 6 heteroatoms. The molecule has 6 nitrogen and oxygen atoms in total. The average Bonchev–Trinajstić information content (AvgIpc) is 2.43. The van der Waals surface area contributed by atoms with E-state index in [1.807, 2.05) is 13.8 Å². The van der Waals surface area contributed by atoms with Crippen LogP contribution in [0.25, 0.3) is 0 Å². The second kappa shape index (κ2) is 5.80. The molecule has 1 N–H and O–H groups in total. The Morgan fingerprint density at radius 3 is 2.75 bits per heavy atom. The summed E-state index contributed by atoms with van der Waals surface area (Å²) >= 11 is 0. The Morgan fingerprint density at radius 1 is 1.50 bits per heavy atom. The Balaban J connectivity index is 2.14. The number of carbonyl (C=O) groups excluding carboxylic acids is 2. The van der Waals surface area contributed by atoms with Crippen LogP contribution in [0, 0.1) is 22.7 Å². The highest BCUT2D eigenvalue weighted by Gasteiger charge is 2.52. The van der Waals surface area contributed by atoms with Crippen LogP contribution >= 0.6 is 0 Å². The topological polar surface area (TPSA) is 82.4 Å². The van der Waals surface area contributed by atoms with E-state index < -0.39 is 11.5 Å². The Bertz CT molecular complexity index is 437. The number of nitrogens with zero attached hydrogens (tertiary/aromatic N) is 2. The predicted molar refractivity (Wildman–Crippen MR) is 71.4 cm³/mol. The van der Waals surface area contributed by atoms with Crippen molar-refractivity contribution >= 4 is 11.8 Å². The zero-order valence-electron chi connectivity index (χ0n) is 12.0. The Labute approximate surface area is 119 Å². The highest BCUT2D eigenvalue weighted by Crippen LogP contribution is 2.46. The Hall–Kier alpha value is -1.61. The average molecular weight is 279 g/mol. The van der Waals surface area contributed by atoms with Crippen molar-refractivity contribution in [3.63, 3.8) is 0 Å². The fourth-order valence-corrected chi connectivity index (χ4v) is 3.07. The van der Waals surface area contributed by atoms with Gasteiger partial charge in [0.25, 0.3) is 0 Å². The van der Waals surface area contributed by atoms with Crippen molar-refractivity contribution in [1.82, 2.24) is 10.2 Å². The van der Waals surface area contributed by atoms with Crippen molar-refractivity contribution in [1.29, 1.82) is 5.26 Å². The van der Waals surface area contributed by atoms with E-state index in [1.54, 1.807) is 0 Å². The van der Waals surface area contributed by atoms with E-state index >= 15 is 0 Å². The van der Waals surface area contributed by atoms with Crippen LogP contribution in [-0.4, -0.2) is 49.1 Å². The summed E-state index contributed by atoms with van der Waals surface area (Å²) in [6, 6.07) is 1.56. The van der Waals surface area contributed by atoms with Crippen molar-refractivity contribution in [3.05, 3.63) is 0 Å². The Kier molecular flexibility index (Phi) is 4.29. The van der Waals surface area contributed by atoms with E-state index in [4.69, 9.17) is 4.74 Å². The van der Waals surface area contributed by atoms with Crippen molar-refractivity contribution in [3.8, 4) is 6.07 Å². The maximum atomic E-state index is 12.7. The van der Waals surface area contributed by atoms with E-state index in [-0.39, 0.29) is 18.4 Å². The van der Waals surface area contributed by atoms with Crippen LogP contribution in [0.5, 0.6) is 0 Å². The molecule has 1 aliphatic heterocycles. The maximum Gasteiger partial charge on any atom is 0.245 e. The fourth-order valence-electron chi connectivity index (χ4n) is 3.07. The lowest BCUT2D eigenvalue weighted by molar-refractivity contribution is -0.159. The minimum Gasteiger partial charge on any atom is -0.377 e. The van der Waals surface area contributed by atoms with E-state index in [2.05, 4.69) is 11.4 Å². The third-order valence-corrected chi connectivity index (χ3v) is 4.06. The summed E-state index contributed by atoms with van der Waals surface area (Å²) in [5, 5.41) is 12.1. The lowest BCUT2D eigenvalue weighted by Gasteiger charge is -2.45. The summed E-state index contributed by atoms with van der Waals surface area (Å²) in [7, 11) is 0. The number of rotatable bonds is 3. The van der Waals surface area contributed by atoms with Gasteiger partial charge in [-0.1, -0.05) is 6.92 Å². The first-order chi connectivity index (χ1) is 9.54. The smallest absolute Gasteiger partial charge is 0.245 e. The third-order valence-electron chi connectivity index (χ3n) is 4.06. The molecular weight excluding hydrogens is 258 g/mol. The maximum absolute atomic E-state index is 12.7. The molecule has 1 saturated heterocycles. The molecule has 2 rings (SSSR count). The number of likely N-dealkylation sites (N-methyl/N-ethyl adjacent to an activating group) is 1. The summed E-state index contributed by atoms with van der Waals surface area (Å²) in [6.45, 7) is 5.37. The normalized spacial score (nSPS) is 33.0. The molecule has 1 aliphatic carbocycles. The molecule has 0 spiro atoms. The van der Waals surface area contributed by atoms with Gasteiger partial charge in [-0.05, 0) is 25.7 Å². The molecule has 2 fully saturated rings. The molecule has 1 atom stereocenters. The standard InChI is InChI=1S/C14H21N3O3/c1-3-16-12(18)11-8-20-5-4-17(11)13(19)14(9-15)6-10(2)7-14/h10-11H,3-8H2,1-2H3,(H,16,18). The van der Waals surface area contributed by atoms with Crippen LogP contribution < -0.4 is 5.32 Å². The Morgan fingerprint density at radius 2 is 2.20 bits per heavy atom. The van der Waals surface area contributed by atoms with Gasteiger partial charge in [-0.15, -0.1) is 0 Å². The zero-order valence-corrected chi connectivity index (χ0v) is 12.0. The van der Waals surface area contributed by atoms with Crippen LogP contribution in [0.2, 0.25) is 0 Å². The van der Waals surface area contributed by atoms with Crippen LogP contribution in [-0.2, 0) is 14.3 Å². The number of carbonyl (C=O) groups is 2. The number of ether oxygens (including phenoxy) is 1. The molecule has 2 aliphatic rings. The van der Waals surface area contributed by atoms with Gasteiger partial charge in [-0.3, -0.25) is 9.59 Å². The summed E-state index contributed by atoms with van der Waals surface area (Å²) in [5.41, 5.74) is -0.929. The second-order valence-electron chi connectivity index (χ2n) is 5.69. The van der Waals surface area contributed by atoms with E-state index in [9.17, 15) is 14.9 Å². The zero-order chi connectivity index (χ0) is 14.8. The van der Waals surface area contributed by atoms with Gasteiger partial charge in [0, 0.05) is 13.1 Å². The first-order valence-electron chi connectivity index (χ1n) is 7.12. The number of hydrogen-bond donors (Lipinski definition) is 1. The molecule has 0 aromatic rings. The van der Waals surface area contributed by atoms with Crippen LogP contribution in [0.15, 0.2) is 0 Å². The van der Waals surface area contributed by atoms with Crippen LogP contribution in [0.1, 0.15) is 26.7 Å². The summed E-state index contributed by atoms with van der Waals surface area (Å²) in [4.78, 5) is 26.2. The molecule has 20 heavy (non-hydrogen) atoms. The summed E-state index contributed by atoms with van der Waals surface area (Å²) in [5.74, 6) is -0.0266. The van der Waals surface area contributed by atoms with E-state index in [0.717, 1.165) is 0 Å². The largest absolute Gasteiger partial charge is 0.377 e. The summed E-state index contributed by atoms with van der Waals surface area (Å²) in [6.07, 6.45) is 1.17. The third kappa shape index (κ3) is 2.50. The van der Waals surface area contributed by atoms with E-state index in [0.29, 0.717) is 38.5 Å². The molecule has 0 bridgehead atoms. The van der Waals surface area contributed by atoms with Crippen LogP contribution in [0.4, 0.5) is 0 Å². The van der Waals surface area contributed by atoms with Crippen LogP contribution in [0.3, 0.4) is 0 Å². The van der Waals surface area contributed by atoms with Gasteiger partial charge in [-0.25, -0.2) is 0 Å². The summed E-state index contributed by atoms with van der Waals surface area (Å²) < 4.78 is 5.31. The molecular formula is C14H21N3O3. The molecule has 1 heterocycles. The minimum atomic E-state index is -0.929. The molecule has 1 saturated carbocycles. The molecule has 110 valence electrons. The van der Waals surface area contributed by atoms with Crippen molar-refractivity contribution < 1.29 is 14.3 Å². The number of morpholine rings is 1. The molecule has 0 aromatic carbocycles. The quantitative estimate of drug-likeness (QED) is 0.805. The highest BCUT2D eigenvalue weighted by molar-refractivity contribution is 5.92. The minimum absolute atomic E-state index is 0.203. The second-order valence-corrected chi connectivity index (χ2v) is 5.69. The van der Waals surface area contributed by atoms with Crippen molar-refractivity contribution in [2.24, 2.45) is 11.3 Å². The van der Waals surface area contributed by atoms with Gasteiger partial charge < -0.3 is 15.0 Å². The van der Waals surface area contributed by atoms with Gasteiger partial charge >= 0.3 is 0 Å². The van der Waals surface area contributed by atoms with Crippen molar-refractivity contribution in [2.75, 3.05) is 26.3 Å². The van der Waals surface area contributed by atoms with Gasteiger partial charge in [-0.2, -0.15) is 5.26 Å². The number of hydrogen-bond acceptors (Lipinski definition) is 4. The molecule has 2 amide bonds. The monoisotopic (exact) mass is 279 g/mol. The van der Waals surface area contributed by atoms with Gasteiger partial charge in [0.1, 0.15) is 11.5 Å². The molecule has 1 unspecified atom stereocenters. The van der Waals surface area contributed by atoms with E-state index in [1.165, 1.54) is 4.90 Å². The highest BCUT2D eigenvalue weighted by atomic mass is 16.5. The first kappa shape index (κ1) is 14.8. The number of nitriles is 1. The fraction of sp³-hybridized carbons (Fsp3) is 0.786. The predicted octanol–water partition coefficient (Wildman–Crippen LogP) is 0.290.